The van der Waals surface area contributed by atoms with Crippen molar-refractivity contribution in [1.29, 1.82) is 0 Å². The van der Waals surface area contributed by atoms with Crippen molar-refractivity contribution in [3.05, 3.63) is 17.2 Å². The molecule has 1 saturated heterocycles. The van der Waals surface area contributed by atoms with Crippen molar-refractivity contribution < 1.29 is 9.47 Å². The third-order valence-electron chi connectivity index (χ3n) is 3.78. The second kappa shape index (κ2) is 7.18. The van der Waals surface area contributed by atoms with E-state index in [0.717, 1.165) is 12.2 Å². The van der Waals surface area contributed by atoms with E-state index in [1.54, 1.807) is 20.3 Å². The number of hydrogen-bond acceptors (Lipinski definition) is 3. The van der Waals surface area contributed by atoms with Crippen molar-refractivity contribution in [2.45, 2.75) is 32.2 Å². The van der Waals surface area contributed by atoms with Crippen LogP contribution in [0, 0.1) is 0 Å². The highest BCUT2D eigenvalue weighted by Gasteiger charge is 2.21. The molecule has 0 amide bonds. The first-order valence-corrected chi connectivity index (χ1v) is 7.84. The molecule has 1 aromatic rings. The van der Waals surface area contributed by atoms with E-state index in [2.05, 4.69) is 17.1 Å². The molecule has 0 saturated carbocycles. The van der Waals surface area contributed by atoms with Gasteiger partial charge in [0.1, 0.15) is 11.5 Å². The van der Waals surface area contributed by atoms with E-state index in [-0.39, 0.29) is 0 Å². The lowest BCUT2D eigenvalue weighted by Gasteiger charge is -2.35. The number of anilines is 1. The molecule has 1 aliphatic heterocycles. The number of hydrogen-bond donors (Lipinski definition) is 1. The molecule has 4 nitrogen and oxygen atoms in total. The highest BCUT2D eigenvalue weighted by atomic mass is 35.5. The number of halogens is 1. The topological polar surface area (TPSA) is 33.7 Å². The fraction of sp³-hybridized carbons (Fsp3) is 0.533. The summed E-state index contributed by atoms with van der Waals surface area (Å²) in [5, 5.41) is 4.48. The minimum atomic E-state index is 0.457. The highest BCUT2D eigenvalue weighted by Crippen LogP contribution is 2.36. The molecule has 2 rings (SSSR count). The summed E-state index contributed by atoms with van der Waals surface area (Å²) in [5.41, 5.74) is 0.765. The van der Waals surface area contributed by atoms with Crippen molar-refractivity contribution in [1.82, 2.24) is 4.90 Å². The van der Waals surface area contributed by atoms with Gasteiger partial charge in [-0.25, -0.2) is 0 Å². The van der Waals surface area contributed by atoms with E-state index in [9.17, 15) is 0 Å². The standard InChI is InChI=1S/C15H21ClN2O2S/c1-10-6-4-5-7-18(10)15(21)17-12-9-13(19-2)11(16)8-14(12)20-3/h8-10H,4-7H2,1-3H3,(H,17,21)/t10-/m1/s1. The van der Waals surface area contributed by atoms with Crippen LogP contribution in [0.3, 0.4) is 0 Å². The van der Waals surface area contributed by atoms with Crippen molar-refractivity contribution in [3.8, 4) is 11.5 Å². The van der Waals surface area contributed by atoms with Gasteiger partial charge in [0.15, 0.2) is 5.11 Å². The SMILES string of the molecule is COc1cc(NC(=S)N2CCCC[C@H]2C)c(OC)cc1Cl. The molecular formula is C15H21ClN2O2S. The average Bonchev–Trinajstić information content (AvgIpc) is 2.48. The molecule has 6 heteroatoms. The molecule has 1 aliphatic rings. The summed E-state index contributed by atoms with van der Waals surface area (Å²) >= 11 is 11.7. The van der Waals surface area contributed by atoms with Crippen LogP contribution in [0.5, 0.6) is 11.5 Å². The minimum Gasteiger partial charge on any atom is -0.495 e. The Hall–Kier alpha value is -1.20. The van der Waals surface area contributed by atoms with Crippen molar-refractivity contribution >= 4 is 34.6 Å². The Bertz CT molecular complexity index is 525. The third-order valence-corrected chi connectivity index (χ3v) is 4.41. The van der Waals surface area contributed by atoms with Gasteiger partial charge in [-0.15, -0.1) is 0 Å². The van der Waals surface area contributed by atoms with Crippen LogP contribution >= 0.6 is 23.8 Å². The van der Waals surface area contributed by atoms with Gasteiger partial charge in [0.05, 0.1) is 24.9 Å². The predicted octanol–water partition coefficient (Wildman–Crippen LogP) is 3.93. The fourth-order valence-electron chi connectivity index (χ4n) is 2.54. The van der Waals surface area contributed by atoms with E-state index in [1.807, 2.05) is 6.07 Å². The monoisotopic (exact) mass is 328 g/mol. The smallest absolute Gasteiger partial charge is 0.173 e. The first-order valence-electron chi connectivity index (χ1n) is 7.06. The number of rotatable bonds is 3. The normalized spacial score (nSPS) is 18.3. The van der Waals surface area contributed by atoms with Gasteiger partial charge in [-0.1, -0.05) is 11.6 Å². The van der Waals surface area contributed by atoms with Crippen molar-refractivity contribution in [2.75, 3.05) is 26.1 Å². The number of thiocarbonyl (C=S) groups is 1. The Kier molecular flexibility index (Phi) is 5.53. The molecule has 0 aliphatic carbocycles. The summed E-state index contributed by atoms with van der Waals surface area (Å²) in [7, 11) is 3.19. The van der Waals surface area contributed by atoms with Crippen LogP contribution in [0.4, 0.5) is 5.69 Å². The van der Waals surface area contributed by atoms with Gasteiger partial charge in [-0.2, -0.15) is 0 Å². The van der Waals surface area contributed by atoms with Gasteiger partial charge in [0, 0.05) is 24.7 Å². The quantitative estimate of drug-likeness (QED) is 0.850. The van der Waals surface area contributed by atoms with E-state index >= 15 is 0 Å². The Morgan fingerprint density at radius 1 is 1.29 bits per heavy atom. The third kappa shape index (κ3) is 3.71. The van der Waals surface area contributed by atoms with Gasteiger partial charge in [-0.3, -0.25) is 0 Å². The van der Waals surface area contributed by atoms with Gasteiger partial charge in [0.25, 0.3) is 0 Å². The second-order valence-corrected chi connectivity index (χ2v) is 5.95. The average molecular weight is 329 g/mol. The zero-order valence-electron chi connectivity index (χ0n) is 12.6. The van der Waals surface area contributed by atoms with Crippen LogP contribution in [0.15, 0.2) is 12.1 Å². The lowest BCUT2D eigenvalue weighted by Crippen LogP contribution is -2.44. The Morgan fingerprint density at radius 3 is 2.62 bits per heavy atom. The van der Waals surface area contributed by atoms with Crippen LogP contribution in [-0.4, -0.2) is 36.8 Å². The number of ether oxygens (including phenoxy) is 2. The summed E-state index contributed by atoms with van der Waals surface area (Å²) in [6.45, 7) is 3.19. The Morgan fingerprint density at radius 2 is 2.00 bits per heavy atom. The maximum atomic E-state index is 6.11. The Balaban J connectivity index is 2.19. The molecular weight excluding hydrogens is 308 g/mol. The minimum absolute atomic E-state index is 0.457. The fourth-order valence-corrected chi connectivity index (χ4v) is 3.16. The van der Waals surface area contributed by atoms with E-state index < -0.39 is 0 Å². The zero-order chi connectivity index (χ0) is 15.4. The maximum absolute atomic E-state index is 6.11. The van der Waals surface area contributed by atoms with Crippen LogP contribution < -0.4 is 14.8 Å². The molecule has 0 radical (unpaired) electrons. The van der Waals surface area contributed by atoms with Gasteiger partial charge in [0.2, 0.25) is 0 Å². The number of nitrogens with zero attached hydrogens (tertiary/aromatic N) is 1. The summed E-state index contributed by atoms with van der Waals surface area (Å²) in [6, 6.07) is 3.99. The molecule has 1 heterocycles. The molecule has 0 aromatic heterocycles. The first kappa shape index (κ1) is 16.2. The summed E-state index contributed by atoms with van der Waals surface area (Å²) in [6.07, 6.45) is 3.61. The molecule has 1 fully saturated rings. The van der Waals surface area contributed by atoms with Crippen LogP contribution in [0.2, 0.25) is 5.02 Å². The van der Waals surface area contributed by atoms with Crippen molar-refractivity contribution in [3.63, 3.8) is 0 Å². The number of piperidine rings is 1. The van der Waals surface area contributed by atoms with Crippen LogP contribution in [-0.2, 0) is 0 Å². The number of benzene rings is 1. The zero-order valence-corrected chi connectivity index (χ0v) is 14.2. The maximum Gasteiger partial charge on any atom is 0.173 e. The number of nitrogens with one attached hydrogen (secondary N) is 1. The molecule has 0 unspecified atom stereocenters. The van der Waals surface area contributed by atoms with Crippen LogP contribution in [0.1, 0.15) is 26.2 Å². The first-order chi connectivity index (χ1) is 10.1. The summed E-state index contributed by atoms with van der Waals surface area (Å²) in [4.78, 5) is 2.22. The van der Waals surface area contributed by atoms with E-state index in [1.165, 1.54) is 19.3 Å². The predicted molar refractivity (Wildman–Crippen MR) is 90.8 cm³/mol. The molecule has 1 N–H and O–H groups in total. The molecule has 21 heavy (non-hydrogen) atoms. The van der Waals surface area contributed by atoms with Gasteiger partial charge in [-0.05, 0) is 38.4 Å². The molecule has 116 valence electrons. The van der Waals surface area contributed by atoms with Crippen molar-refractivity contribution in [2.24, 2.45) is 0 Å². The molecule has 0 spiro atoms. The number of methoxy groups -OCH3 is 2. The highest BCUT2D eigenvalue weighted by molar-refractivity contribution is 7.80. The van der Waals surface area contributed by atoms with E-state index in [0.29, 0.717) is 27.7 Å². The van der Waals surface area contributed by atoms with E-state index in [4.69, 9.17) is 33.3 Å². The summed E-state index contributed by atoms with van der Waals surface area (Å²) < 4.78 is 10.6. The van der Waals surface area contributed by atoms with Gasteiger partial charge >= 0.3 is 0 Å². The molecule has 1 aromatic carbocycles. The summed E-state index contributed by atoms with van der Waals surface area (Å²) in [5.74, 6) is 1.24. The molecule has 1 atom stereocenters. The lowest BCUT2D eigenvalue weighted by atomic mass is 10.0. The van der Waals surface area contributed by atoms with Gasteiger partial charge < -0.3 is 19.7 Å². The largest absolute Gasteiger partial charge is 0.495 e. The number of likely N-dealkylation sites (tertiary alicyclic amines) is 1. The lowest BCUT2D eigenvalue weighted by molar-refractivity contribution is 0.262. The van der Waals surface area contributed by atoms with Crippen LogP contribution in [0.25, 0.3) is 0 Å². The second-order valence-electron chi connectivity index (χ2n) is 5.16. The molecule has 0 bridgehead atoms. The Labute approximate surface area is 136 Å².